The summed E-state index contributed by atoms with van der Waals surface area (Å²) in [5, 5.41) is 5.27. The topological polar surface area (TPSA) is 129 Å². The zero-order valence-corrected chi connectivity index (χ0v) is 19.6. The predicted molar refractivity (Wildman–Crippen MR) is 124 cm³/mol. The molecule has 0 radical (unpaired) electrons. The van der Waals surface area contributed by atoms with Gasteiger partial charge in [0.2, 0.25) is 0 Å². The molecule has 0 saturated heterocycles. The Kier molecular flexibility index (Phi) is 13.2. The van der Waals surface area contributed by atoms with Gasteiger partial charge in [-0.15, -0.1) is 0 Å². The minimum Gasteiger partial charge on any atom is -0.463 e. The second-order valence-corrected chi connectivity index (χ2v) is 7.34. The van der Waals surface area contributed by atoms with Crippen LogP contribution in [0.1, 0.15) is 37.8 Å². The highest BCUT2D eigenvalue weighted by molar-refractivity contribution is 5.86. The quantitative estimate of drug-likeness (QED) is 0.181. The Bertz CT molecular complexity index is 868. The van der Waals surface area contributed by atoms with E-state index in [1.807, 2.05) is 18.2 Å². The van der Waals surface area contributed by atoms with Crippen molar-refractivity contribution in [3.8, 4) is 0 Å². The Labute approximate surface area is 199 Å². The van der Waals surface area contributed by atoms with Crippen molar-refractivity contribution >= 4 is 24.1 Å². The fourth-order valence-corrected chi connectivity index (χ4v) is 2.42. The second kappa shape index (κ2) is 15.9. The first-order valence-electron chi connectivity index (χ1n) is 10.8. The van der Waals surface area contributed by atoms with Crippen molar-refractivity contribution in [3.05, 3.63) is 60.2 Å². The maximum atomic E-state index is 11.9. The molecule has 0 aromatic heterocycles. The van der Waals surface area contributed by atoms with Crippen LogP contribution in [0.2, 0.25) is 0 Å². The van der Waals surface area contributed by atoms with Crippen LogP contribution in [0.25, 0.3) is 0 Å². The second-order valence-electron chi connectivity index (χ2n) is 7.34. The number of hydrogen-bond acceptors (Lipinski definition) is 8. The fourth-order valence-electron chi connectivity index (χ4n) is 2.42. The van der Waals surface area contributed by atoms with E-state index in [0.717, 1.165) is 17.2 Å². The van der Waals surface area contributed by atoms with E-state index in [4.69, 9.17) is 18.9 Å². The largest absolute Gasteiger partial charge is 0.463 e. The van der Waals surface area contributed by atoms with Crippen LogP contribution >= 0.6 is 0 Å². The van der Waals surface area contributed by atoms with Crippen LogP contribution in [0.4, 0.5) is 9.59 Å². The van der Waals surface area contributed by atoms with Gasteiger partial charge in [-0.25, -0.2) is 19.2 Å². The fraction of sp³-hybridized carbons (Fsp3) is 0.417. The normalized spacial score (nSPS) is 10.9. The standard InChI is InChI=1S/C24H32N2O8/c1-5-21(27)31-11-6-7-12-32-23(29)25-14-19-9-8-10-20(13-19)15-26-24(30)34-18(4)16-33-22(28)17(2)3/h5,8-10,13,18H,1-2,6-7,11-12,14-16H2,3-4H3,(H,25,29)(H,26,30). The molecule has 0 aliphatic heterocycles. The summed E-state index contributed by atoms with van der Waals surface area (Å²) in [5.41, 5.74) is 1.89. The van der Waals surface area contributed by atoms with Crippen LogP contribution in [0.15, 0.2) is 49.1 Å². The molecule has 0 spiro atoms. The first-order valence-corrected chi connectivity index (χ1v) is 10.8. The number of ether oxygens (including phenoxy) is 4. The van der Waals surface area contributed by atoms with Crippen LogP contribution in [0, 0.1) is 0 Å². The van der Waals surface area contributed by atoms with Crippen molar-refractivity contribution in [3.63, 3.8) is 0 Å². The van der Waals surface area contributed by atoms with Gasteiger partial charge in [0.15, 0.2) is 0 Å². The SMILES string of the molecule is C=CC(=O)OCCCCOC(=O)NCc1cccc(CNC(=O)OC(C)COC(=O)C(=C)C)c1. The monoisotopic (exact) mass is 476 g/mol. The number of carbonyl (C=O) groups excluding carboxylic acids is 4. The highest BCUT2D eigenvalue weighted by atomic mass is 16.6. The van der Waals surface area contributed by atoms with Gasteiger partial charge in [0, 0.05) is 24.7 Å². The van der Waals surface area contributed by atoms with E-state index in [-0.39, 0.29) is 38.5 Å². The van der Waals surface area contributed by atoms with Crippen molar-refractivity contribution in [1.82, 2.24) is 10.6 Å². The van der Waals surface area contributed by atoms with Gasteiger partial charge in [-0.05, 0) is 37.8 Å². The highest BCUT2D eigenvalue weighted by Crippen LogP contribution is 2.06. The summed E-state index contributed by atoms with van der Waals surface area (Å²) in [6.45, 7) is 10.7. The maximum Gasteiger partial charge on any atom is 0.407 e. The van der Waals surface area contributed by atoms with Crippen molar-refractivity contribution in [2.45, 2.75) is 45.9 Å². The zero-order chi connectivity index (χ0) is 25.3. The number of rotatable bonds is 14. The molecule has 1 atom stereocenters. The summed E-state index contributed by atoms with van der Waals surface area (Å²) in [7, 11) is 0. The molecule has 0 aliphatic rings. The molecule has 186 valence electrons. The Morgan fingerprint density at radius 1 is 0.971 bits per heavy atom. The molecular weight excluding hydrogens is 444 g/mol. The molecule has 2 N–H and O–H groups in total. The van der Waals surface area contributed by atoms with E-state index in [0.29, 0.717) is 12.8 Å². The Morgan fingerprint density at radius 2 is 1.56 bits per heavy atom. The Hall–Kier alpha value is -3.82. The minimum absolute atomic E-state index is 0.0703. The van der Waals surface area contributed by atoms with Crippen LogP contribution < -0.4 is 10.6 Å². The lowest BCUT2D eigenvalue weighted by Crippen LogP contribution is -2.30. The number of amides is 2. The number of hydrogen-bond donors (Lipinski definition) is 2. The molecule has 0 fully saturated rings. The number of alkyl carbamates (subject to hydrolysis) is 2. The lowest BCUT2D eigenvalue weighted by atomic mass is 10.1. The molecule has 0 heterocycles. The number of unbranched alkanes of at least 4 members (excludes halogenated alkanes) is 1. The van der Waals surface area contributed by atoms with Crippen molar-refractivity contribution in [1.29, 1.82) is 0 Å². The summed E-state index contributed by atoms with van der Waals surface area (Å²) in [6.07, 6.45) is 0.398. The summed E-state index contributed by atoms with van der Waals surface area (Å²) in [6, 6.07) is 7.27. The van der Waals surface area contributed by atoms with Crippen molar-refractivity contribution < 1.29 is 38.1 Å². The third-order valence-corrected chi connectivity index (χ3v) is 4.15. The van der Waals surface area contributed by atoms with Crippen LogP contribution in [0.3, 0.4) is 0 Å². The Balaban J connectivity index is 2.27. The smallest absolute Gasteiger partial charge is 0.407 e. The first-order chi connectivity index (χ1) is 16.2. The molecule has 2 amide bonds. The molecule has 1 rings (SSSR count). The van der Waals surface area contributed by atoms with Gasteiger partial charge in [0.25, 0.3) is 0 Å². The van der Waals surface area contributed by atoms with E-state index >= 15 is 0 Å². The van der Waals surface area contributed by atoms with E-state index in [2.05, 4.69) is 23.8 Å². The lowest BCUT2D eigenvalue weighted by molar-refractivity contribution is -0.141. The van der Waals surface area contributed by atoms with E-state index in [1.165, 1.54) is 6.92 Å². The predicted octanol–water partition coefficient (Wildman–Crippen LogP) is 3.16. The van der Waals surface area contributed by atoms with E-state index < -0.39 is 30.2 Å². The van der Waals surface area contributed by atoms with Gasteiger partial charge in [-0.1, -0.05) is 37.4 Å². The van der Waals surface area contributed by atoms with Crippen molar-refractivity contribution in [2.24, 2.45) is 0 Å². The highest BCUT2D eigenvalue weighted by Gasteiger charge is 2.12. The number of benzene rings is 1. The van der Waals surface area contributed by atoms with Gasteiger partial charge in [0.05, 0.1) is 13.2 Å². The summed E-state index contributed by atoms with van der Waals surface area (Å²) < 4.78 is 20.0. The summed E-state index contributed by atoms with van der Waals surface area (Å²) in [4.78, 5) is 46.0. The lowest BCUT2D eigenvalue weighted by Gasteiger charge is -2.14. The number of carbonyl (C=O) groups is 4. The molecule has 0 bridgehead atoms. The molecule has 1 aromatic rings. The zero-order valence-electron chi connectivity index (χ0n) is 19.6. The maximum absolute atomic E-state index is 11.9. The molecular formula is C24H32N2O8. The van der Waals surface area contributed by atoms with Crippen molar-refractivity contribution in [2.75, 3.05) is 19.8 Å². The van der Waals surface area contributed by atoms with Crippen LogP contribution in [-0.2, 0) is 41.6 Å². The van der Waals surface area contributed by atoms with Gasteiger partial charge in [0.1, 0.15) is 12.7 Å². The third-order valence-electron chi connectivity index (χ3n) is 4.15. The van der Waals surface area contributed by atoms with Gasteiger partial charge in [-0.3, -0.25) is 0 Å². The average Bonchev–Trinajstić information content (AvgIpc) is 2.81. The van der Waals surface area contributed by atoms with Gasteiger partial charge >= 0.3 is 24.1 Å². The average molecular weight is 477 g/mol. The van der Waals surface area contributed by atoms with Gasteiger partial charge < -0.3 is 29.6 Å². The molecule has 0 aliphatic carbocycles. The Morgan fingerprint density at radius 3 is 2.15 bits per heavy atom. The molecule has 0 saturated carbocycles. The number of nitrogens with one attached hydrogen (secondary N) is 2. The van der Waals surface area contributed by atoms with E-state index in [9.17, 15) is 19.2 Å². The first kappa shape index (κ1) is 28.2. The summed E-state index contributed by atoms with van der Waals surface area (Å²) >= 11 is 0. The van der Waals surface area contributed by atoms with Crippen LogP contribution in [0.5, 0.6) is 0 Å². The third kappa shape index (κ3) is 12.9. The molecule has 1 unspecified atom stereocenters. The molecule has 1 aromatic carbocycles. The molecule has 34 heavy (non-hydrogen) atoms. The van der Waals surface area contributed by atoms with Gasteiger partial charge in [-0.2, -0.15) is 0 Å². The van der Waals surface area contributed by atoms with E-state index in [1.54, 1.807) is 13.0 Å². The summed E-state index contributed by atoms with van der Waals surface area (Å²) in [5.74, 6) is -1.03. The molecule has 10 nitrogen and oxygen atoms in total. The minimum atomic E-state index is -0.648. The number of esters is 2. The van der Waals surface area contributed by atoms with Crippen LogP contribution in [-0.4, -0.2) is 50.0 Å². The molecule has 10 heteroatoms.